The van der Waals surface area contributed by atoms with Crippen LogP contribution in [0.3, 0.4) is 0 Å². The number of carbonyl (C=O) groups excluding carboxylic acids is 1. The Hall–Kier alpha value is -1.55. The van der Waals surface area contributed by atoms with Gasteiger partial charge in [-0.3, -0.25) is 4.79 Å². The summed E-state index contributed by atoms with van der Waals surface area (Å²) in [5.74, 6) is -0.0327. The Labute approximate surface area is 109 Å². The molecule has 4 nitrogen and oxygen atoms in total. The predicted molar refractivity (Wildman–Crippen MR) is 73.7 cm³/mol. The summed E-state index contributed by atoms with van der Waals surface area (Å²) in [6.45, 7) is 8.32. The fourth-order valence-corrected chi connectivity index (χ4v) is 1.77. The van der Waals surface area contributed by atoms with Crippen molar-refractivity contribution < 1.29 is 9.53 Å². The van der Waals surface area contributed by atoms with Crippen molar-refractivity contribution in [2.45, 2.75) is 20.8 Å². The van der Waals surface area contributed by atoms with Gasteiger partial charge in [0.15, 0.2) is 0 Å². The summed E-state index contributed by atoms with van der Waals surface area (Å²) in [4.78, 5) is 14.0. The normalized spacial score (nSPS) is 10.4. The molecule has 0 radical (unpaired) electrons. The molecule has 1 amide bonds. The van der Waals surface area contributed by atoms with E-state index in [1.54, 1.807) is 11.0 Å². The van der Waals surface area contributed by atoms with Crippen LogP contribution in [-0.2, 0) is 4.74 Å². The van der Waals surface area contributed by atoms with Gasteiger partial charge in [0.2, 0.25) is 0 Å². The number of benzene rings is 1. The Bertz CT molecular complexity index is 405. The molecule has 0 fully saturated rings. The van der Waals surface area contributed by atoms with Crippen LogP contribution in [0.1, 0.15) is 29.8 Å². The number of anilines is 1. The van der Waals surface area contributed by atoms with Crippen LogP contribution in [0.2, 0.25) is 0 Å². The molecule has 0 spiro atoms. The van der Waals surface area contributed by atoms with Crippen LogP contribution < -0.4 is 5.73 Å². The van der Waals surface area contributed by atoms with Gasteiger partial charge in [-0.25, -0.2) is 0 Å². The standard InChI is InChI=1S/C14H22N2O2/c1-4-16(8-9-18-5-2)14(17)12-7-6-11(3)10-13(12)15/h6-7,10H,4-5,8-9,15H2,1-3H3. The molecule has 0 aliphatic rings. The minimum atomic E-state index is -0.0327. The first-order chi connectivity index (χ1) is 8.60. The molecule has 2 N–H and O–H groups in total. The first kappa shape index (κ1) is 14.5. The SMILES string of the molecule is CCOCCN(CC)C(=O)c1ccc(C)cc1N. The topological polar surface area (TPSA) is 55.6 Å². The van der Waals surface area contributed by atoms with Crippen LogP contribution in [-0.4, -0.2) is 37.1 Å². The number of likely N-dealkylation sites (N-methyl/N-ethyl adjacent to an activating group) is 1. The molecule has 0 aliphatic carbocycles. The largest absolute Gasteiger partial charge is 0.398 e. The molecule has 0 bridgehead atoms. The summed E-state index contributed by atoms with van der Waals surface area (Å²) in [5.41, 5.74) is 8.05. The lowest BCUT2D eigenvalue weighted by atomic mass is 10.1. The number of rotatable bonds is 6. The van der Waals surface area contributed by atoms with Gasteiger partial charge < -0.3 is 15.4 Å². The molecule has 1 aromatic rings. The maximum Gasteiger partial charge on any atom is 0.256 e. The van der Waals surface area contributed by atoms with Crippen molar-refractivity contribution in [1.82, 2.24) is 4.90 Å². The third-order valence-corrected chi connectivity index (χ3v) is 2.82. The molecule has 0 unspecified atom stereocenters. The lowest BCUT2D eigenvalue weighted by Gasteiger charge is -2.21. The quantitative estimate of drug-likeness (QED) is 0.621. The van der Waals surface area contributed by atoms with Gasteiger partial charge >= 0.3 is 0 Å². The van der Waals surface area contributed by atoms with Gasteiger partial charge in [-0.1, -0.05) is 6.07 Å². The molecule has 18 heavy (non-hydrogen) atoms. The van der Waals surface area contributed by atoms with E-state index in [2.05, 4.69) is 0 Å². The average molecular weight is 250 g/mol. The van der Waals surface area contributed by atoms with Crippen molar-refractivity contribution in [1.29, 1.82) is 0 Å². The van der Waals surface area contributed by atoms with E-state index >= 15 is 0 Å². The molecule has 4 heteroatoms. The number of nitrogen functional groups attached to an aromatic ring is 1. The lowest BCUT2D eigenvalue weighted by molar-refractivity contribution is 0.0670. The highest BCUT2D eigenvalue weighted by Crippen LogP contribution is 2.16. The van der Waals surface area contributed by atoms with Crippen LogP contribution in [0.4, 0.5) is 5.69 Å². The third-order valence-electron chi connectivity index (χ3n) is 2.82. The molecule has 0 saturated carbocycles. The number of aryl methyl sites for hydroxylation is 1. The monoisotopic (exact) mass is 250 g/mol. The predicted octanol–water partition coefficient (Wildman–Crippen LogP) is 2.08. The van der Waals surface area contributed by atoms with Crippen LogP contribution in [0.25, 0.3) is 0 Å². The summed E-state index contributed by atoms with van der Waals surface area (Å²) < 4.78 is 5.28. The smallest absolute Gasteiger partial charge is 0.256 e. The number of hydrogen-bond acceptors (Lipinski definition) is 3. The van der Waals surface area contributed by atoms with E-state index in [1.807, 2.05) is 32.9 Å². The minimum absolute atomic E-state index is 0.0327. The fraction of sp³-hybridized carbons (Fsp3) is 0.500. The molecule has 0 atom stereocenters. The summed E-state index contributed by atoms with van der Waals surface area (Å²) in [5, 5.41) is 0. The molecule has 1 aromatic carbocycles. The van der Waals surface area contributed by atoms with Crippen molar-refractivity contribution in [2.75, 3.05) is 32.0 Å². The van der Waals surface area contributed by atoms with Gasteiger partial charge in [0, 0.05) is 25.4 Å². The minimum Gasteiger partial charge on any atom is -0.398 e. The zero-order valence-electron chi connectivity index (χ0n) is 11.4. The Morgan fingerprint density at radius 1 is 1.39 bits per heavy atom. The molecule has 0 heterocycles. The first-order valence-electron chi connectivity index (χ1n) is 6.33. The highest BCUT2D eigenvalue weighted by molar-refractivity contribution is 5.99. The zero-order chi connectivity index (χ0) is 13.5. The Morgan fingerprint density at radius 3 is 2.67 bits per heavy atom. The first-order valence-corrected chi connectivity index (χ1v) is 6.33. The highest BCUT2D eigenvalue weighted by atomic mass is 16.5. The van der Waals surface area contributed by atoms with Gasteiger partial charge in [0.05, 0.1) is 12.2 Å². The molecule has 1 rings (SSSR count). The maximum atomic E-state index is 12.3. The number of amides is 1. The van der Waals surface area contributed by atoms with Crippen LogP contribution in [0.15, 0.2) is 18.2 Å². The molecule has 0 aromatic heterocycles. The molecular weight excluding hydrogens is 228 g/mol. The Morgan fingerprint density at radius 2 is 2.11 bits per heavy atom. The molecular formula is C14H22N2O2. The van der Waals surface area contributed by atoms with Gasteiger partial charge in [-0.15, -0.1) is 0 Å². The van der Waals surface area contributed by atoms with E-state index in [0.29, 0.717) is 37.6 Å². The molecule has 0 aliphatic heterocycles. The van der Waals surface area contributed by atoms with Crippen molar-refractivity contribution in [3.63, 3.8) is 0 Å². The number of ether oxygens (including phenoxy) is 1. The third kappa shape index (κ3) is 3.74. The highest BCUT2D eigenvalue weighted by Gasteiger charge is 2.16. The zero-order valence-corrected chi connectivity index (χ0v) is 11.4. The second-order valence-corrected chi connectivity index (χ2v) is 4.17. The average Bonchev–Trinajstić information content (AvgIpc) is 2.34. The van der Waals surface area contributed by atoms with Crippen LogP contribution in [0, 0.1) is 6.92 Å². The number of nitrogens with two attached hydrogens (primary N) is 1. The lowest BCUT2D eigenvalue weighted by Crippen LogP contribution is -2.34. The summed E-state index contributed by atoms with van der Waals surface area (Å²) >= 11 is 0. The summed E-state index contributed by atoms with van der Waals surface area (Å²) in [7, 11) is 0. The van der Waals surface area contributed by atoms with Crippen molar-refractivity contribution in [2.24, 2.45) is 0 Å². The van der Waals surface area contributed by atoms with Gasteiger partial charge in [0.25, 0.3) is 5.91 Å². The van der Waals surface area contributed by atoms with E-state index in [4.69, 9.17) is 10.5 Å². The van der Waals surface area contributed by atoms with Crippen molar-refractivity contribution in [3.05, 3.63) is 29.3 Å². The number of hydrogen-bond donors (Lipinski definition) is 1. The van der Waals surface area contributed by atoms with E-state index in [9.17, 15) is 4.79 Å². The van der Waals surface area contributed by atoms with Crippen LogP contribution >= 0.6 is 0 Å². The van der Waals surface area contributed by atoms with Gasteiger partial charge in [-0.05, 0) is 38.5 Å². The Kier molecular flexibility index (Phi) is 5.65. The summed E-state index contributed by atoms with van der Waals surface area (Å²) in [6.07, 6.45) is 0. The van der Waals surface area contributed by atoms with E-state index in [1.165, 1.54) is 0 Å². The number of carbonyl (C=O) groups is 1. The van der Waals surface area contributed by atoms with Crippen molar-refractivity contribution >= 4 is 11.6 Å². The van der Waals surface area contributed by atoms with E-state index < -0.39 is 0 Å². The van der Waals surface area contributed by atoms with Crippen LogP contribution in [0.5, 0.6) is 0 Å². The van der Waals surface area contributed by atoms with Crippen molar-refractivity contribution in [3.8, 4) is 0 Å². The second kappa shape index (κ2) is 7.01. The van der Waals surface area contributed by atoms with Gasteiger partial charge in [-0.2, -0.15) is 0 Å². The fourth-order valence-electron chi connectivity index (χ4n) is 1.77. The summed E-state index contributed by atoms with van der Waals surface area (Å²) in [6, 6.07) is 5.51. The molecule has 0 saturated heterocycles. The van der Waals surface area contributed by atoms with E-state index in [-0.39, 0.29) is 5.91 Å². The number of nitrogens with zero attached hydrogens (tertiary/aromatic N) is 1. The van der Waals surface area contributed by atoms with E-state index in [0.717, 1.165) is 5.56 Å². The van der Waals surface area contributed by atoms with Gasteiger partial charge in [0.1, 0.15) is 0 Å². The molecule has 100 valence electrons. The Balaban J connectivity index is 2.76. The maximum absolute atomic E-state index is 12.3. The second-order valence-electron chi connectivity index (χ2n) is 4.17.